The van der Waals surface area contributed by atoms with Gasteiger partial charge < -0.3 is 5.11 Å². The SMILES string of the molecule is Cc1cc(C(O)Cc2nc(C(C)(C)C)cs2)ccc1Cl. The Morgan fingerprint density at radius 1 is 1.35 bits per heavy atom. The molecule has 0 saturated heterocycles. The molecule has 20 heavy (non-hydrogen) atoms. The summed E-state index contributed by atoms with van der Waals surface area (Å²) >= 11 is 7.62. The molecule has 1 unspecified atom stereocenters. The molecule has 1 aromatic heterocycles. The molecule has 0 radical (unpaired) electrons. The van der Waals surface area contributed by atoms with E-state index in [0.717, 1.165) is 26.9 Å². The molecule has 0 saturated carbocycles. The Morgan fingerprint density at radius 2 is 2.05 bits per heavy atom. The van der Waals surface area contributed by atoms with Gasteiger partial charge in [-0.15, -0.1) is 11.3 Å². The second-order valence-corrected chi connectivity index (χ2v) is 7.45. The van der Waals surface area contributed by atoms with Crippen molar-refractivity contribution >= 4 is 22.9 Å². The van der Waals surface area contributed by atoms with Crippen LogP contribution in [-0.2, 0) is 11.8 Å². The van der Waals surface area contributed by atoms with Crippen molar-refractivity contribution in [1.82, 2.24) is 4.98 Å². The molecule has 1 aromatic carbocycles. The zero-order valence-corrected chi connectivity index (χ0v) is 13.8. The maximum Gasteiger partial charge on any atom is 0.0957 e. The first-order valence-corrected chi connectivity index (χ1v) is 7.92. The minimum Gasteiger partial charge on any atom is -0.388 e. The van der Waals surface area contributed by atoms with E-state index in [9.17, 15) is 5.11 Å². The fourth-order valence-electron chi connectivity index (χ4n) is 1.91. The lowest BCUT2D eigenvalue weighted by atomic mass is 9.93. The van der Waals surface area contributed by atoms with Crippen LogP contribution in [0.3, 0.4) is 0 Å². The summed E-state index contributed by atoms with van der Waals surface area (Å²) in [7, 11) is 0. The van der Waals surface area contributed by atoms with E-state index in [4.69, 9.17) is 11.6 Å². The number of hydrogen-bond donors (Lipinski definition) is 1. The van der Waals surface area contributed by atoms with Crippen molar-refractivity contribution in [1.29, 1.82) is 0 Å². The predicted octanol–water partition coefficient (Wildman–Crippen LogP) is 4.68. The number of halogens is 1. The van der Waals surface area contributed by atoms with Crippen LogP contribution < -0.4 is 0 Å². The molecule has 2 rings (SSSR count). The summed E-state index contributed by atoms with van der Waals surface area (Å²) in [6.45, 7) is 8.38. The lowest BCUT2D eigenvalue weighted by molar-refractivity contribution is 0.178. The van der Waals surface area contributed by atoms with Crippen molar-refractivity contribution in [2.45, 2.75) is 45.6 Å². The van der Waals surface area contributed by atoms with Gasteiger partial charge in [0.25, 0.3) is 0 Å². The average molecular weight is 310 g/mol. The molecular weight excluding hydrogens is 290 g/mol. The van der Waals surface area contributed by atoms with Crippen molar-refractivity contribution in [3.8, 4) is 0 Å². The number of aryl methyl sites for hydroxylation is 1. The third kappa shape index (κ3) is 3.60. The summed E-state index contributed by atoms with van der Waals surface area (Å²) in [4.78, 5) is 4.62. The van der Waals surface area contributed by atoms with Gasteiger partial charge in [0.1, 0.15) is 0 Å². The van der Waals surface area contributed by atoms with Crippen molar-refractivity contribution in [2.24, 2.45) is 0 Å². The Balaban J connectivity index is 2.13. The second kappa shape index (κ2) is 5.84. The highest BCUT2D eigenvalue weighted by Crippen LogP contribution is 2.28. The fourth-order valence-corrected chi connectivity index (χ4v) is 3.08. The van der Waals surface area contributed by atoms with Crippen LogP contribution in [0.2, 0.25) is 5.02 Å². The van der Waals surface area contributed by atoms with Crippen LogP contribution in [0.15, 0.2) is 23.6 Å². The van der Waals surface area contributed by atoms with E-state index < -0.39 is 6.10 Å². The molecule has 0 bridgehead atoms. The standard InChI is InChI=1S/C16H20ClNOS/c1-10-7-11(5-6-12(10)17)13(19)8-15-18-14(9-20-15)16(2,3)4/h5-7,9,13,19H,8H2,1-4H3. The molecule has 0 spiro atoms. The third-order valence-electron chi connectivity index (χ3n) is 3.25. The van der Waals surface area contributed by atoms with Crippen molar-refractivity contribution in [2.75, 3.05) is 0 Å². The summed E-state index contributed by atoms with van der Waals surface area (Å²) in [5.74, 6) is 0. The zero-order chi connectivity index (χ0) is 14.9. The largest absolute Gasteiger partial charge is 0.388 e. The molecule has 0 amide bonds. The summed E-state index contributed by atoms with van der Waals surface area (Å²) < 4.78 is 0. The highest BCUT2D eigenvalue weighted by atomic mass is 35.5. The van der Waals surface area contributed by atoms with Crippen LogP contribution in [0.1, 0.15) is 48.7 Å². The second-order valence-electron chi connectivity index (χ2n) is 6.11. The van der Waals surface area contributed by atoms with Crippen LogP contribution in [0.25, 0.3) is 0 Å². The smallest absolute Gasteiger partial charge is 0.0957 e. The number of aliphatic hydroxyl groups excluding tert-OH is 1. The maximum atomic E-state index is 10.3. The first-order chi connectivity index (χ1) is 9.27. The average Bonchev–Trinajstić information content (AvgIpc) is 2.81. The number of aliphatic hydroxyl groups is 1. The number of nitrogens with zero attached hydrogens (tertiary/aromatic N) is 1. The first kappa shape index (κ1) is 15.5. The third-order valence-corrected chi connectivity index (χ3v) is 4.55. The van der Waals surface area contributed by atoms with E-state index in [2.05, 4.69) is 31.1 Å². The normalized spacial score (nSPS) is 13.5. The van der Waals surface area contributed by atoms with Gasteiger partial charge in [0.2, 0.25) is 0 Å². The number of benzene rings is 1. The van der Waals surface area contributed by atoms with Gasteiger partial charge in [0, 0.05) is 22.2 Å². The summed E-state index contributed by atoms with van der Waals surface area (Å²) in [5, 5.41) is 14.1. The molecule has 2 nitrogen and oxygen atoms in total. The molecule has 1 atom stereocenters. The Bertz CT molecular complexity index is 601. The van der Waals surface area contributed by atoms with E-state index in [1.165, 1.54) is 0 Å². The molecule has 1 N–H and O–H groups in total. The van der Waals surface area contributed by atoms with Crippen molar-refractivity contribution in [3.05, 3.63) is 50.4 Å². The summed E-state index contributed by atoms with van der Waals surface area (Å²) in [5.41, 5.74) is 3.01. The first-order valence-electron chi connectivity index (χ1n) is 6.66. The Morgan fingerprint density at radius 3 is 2.60 bits per heavy atom. The lowest BCUT2D eigenvalue weighted by Gasteiger charge is -2.14. The maximum absolute atomic E-state index is 10.3. The molecule has 108 valence electrons. The molecule has 0 fully saturated rings. The number of hydrogen-bond acceptors (Lipinski definition) is 3. The number of thiazole rings is 1. The van der Waals surface area contributed by atoms with Gasteiger partial charge in [-0.1, -0.05) is 44.5 Å². The van der Waals surface area contributed by atoms with Crippen LogP contribution in [0.4, 0.5) is 0 Å². The minimum atomic E-state index is -0.537. The van der Waals surface area contributed by atoms with Gasteiger partial charge in [0.15, 0.2) is 0 Å². The topological polar surface area (TPSA) is 33.1 Å². The molecular formula is C16H20ClNOS. The summed E-state index contributed by atoms with van der Waals surface area (Å²) in [6.07, 6.45) is 0.00637. The number of rotatable bonds is 3. The van der Waals surface area contributed by atoms with E-state index in [0.29, 0.717) is 6.42 Å². The highest BCUT2D eigenvalue weighted by Gasteiger charge is 2.19. The fraction of sp³-hybridized carbons (Fsp3) is 0.438. The van der Waals surface area contributed by atoms with Crippen LogP contribution in [-0.4, -0.2) is 10.1 Å². The summed E-state index contributed by atoms with van der Waals surface area (Å²) in [6, 6.07) is 5.64. The van der Waals surface area contributed by atoms with Gasteiger partial charge in [0.05, 0.1) is 16.8 Å². The Kier molecular flexibility index (Phi) is 4.52. The van der Waals surface area contributed by atoms with E-state index in [1.54, 1.807) is 11.3 Å². The van der Waals surface area contributed by atoms with Gasteiger partial charge >= 0.3 is 0 Å². The van der Waals surface area contributed by atoms with Crippen LogP contribution >= 0.6 is 22.9 Å². The highest BCUT2D eigenvalue weighted by molar-refractivity contribution is 7.09. The van der Waals surface area contributed by atoms with E-state index in [-0.39, 0.29) is 5.41 Å². The molecule has 4 heteroatoms. The minimum absolute atomic E-state index is 0.0521. The Labute approximate surface area is 129 Å². The molecule has 1 heterocycles. The Hall–Kier alpha value is -0.900. The van der Waals surface area contributed by atoms with Crippen molar-refractivity contribution < 1.29 is 5.11 Å². The zero-order valence-electron chi connectivity index (χ0n) is 12.3. The predicted molar refractivity (Wildman–Crippen MR) is 85.7 cm³/mol. The van der Waals surface area contributed by atoms with Crippen molar-refractivity contribution in [3.63, 3.8) is 0 Å². The van der Waals surface area contributed by atoms with E-state index >= 15 is 0 Å². The van der Waals surface area contributed by atoms with Crippen LogP contribution in [0.5, 0.6) is 0 Å². The van der Waals surface area contributed by atoms with E-state index in [1.807, 2.05) is 25.1 Å². The number of aromatic nitrogens is 1. The molecule has 0 aliphatic carbocycles. The monoisotopic (exact) mass is 309 g/mol. The molecule has 2 aromatic rings. The van der Waals surface area contributed by atoms with Gasteiger partial charge in [-0.3, -0.25) is 0 Å². The lowest BCUT2D eigenvalue weighted by Crippen LogP contribution is -2.12. The molecule has 0 aliphatic heterocycles. The quantitative estimate of drug-likeness (QED) is 0.893. The van der Waals surface area contributed by atoms with Gasteiger partial charge in [-0.25, -0.2) is 4.98 Å². The van der Waals surface area contributed by atoms with Gasteiger partial charge in [-0.2, -0.15) is 0 Å². The van der Waals surface area contributed by atoms with Gasteiger partial charge in [-0.05, 0) is 24.1 Å². The van der Waals surface area contributed by atoms with Crippen LogP contribution in [0, 0.1) is 6.92 Å². The molecule has 0 aliphatic rings.